The van der Waals surface area contributed by atoms with Gasteiger partial charge in [0, 0.05) is 25.6 Å². The van der Waals surface area contributed by atoms with Gasteiger partial charge in [-0.25, -0.2) is 12.8 Å². The van der Waals surface area contributed by atoms with E-state index in [4.69, 9.17) is 0 Å². The molecule has 0 spiro atoms. The lowest BCUT2D eigenvalue weighted by atomic mass is 10.1. The second kappa shape index (κ2) is 13.4. The smallest absolute Gasteiger partial charge is 0.243 e. The first kappa shape index (κ1) is 29.3. The normalized spacial score (nSPS) is 13.1. The quantitative estimate of drug-likeness (QED) is 0.425. The second-order valence-corrected chi connectivity index (χ2v) is 11.0. The average molecular weight is 520 g/mol. The predicted octanol–water partition coefficient (Wildman–Crippen LogP) is 4.40. The molecule has 0 heterocycles. The number of sulfonamides is 1. The number of hydrogen-bond acceptors (Lipinski definition) is 4. The predicted molar refractivity (Wildman–Crippen MR) is 142 cm³/mol. The number of para-hydroxylation sites is 1. The van der Waals surface area contributed by atoms with Gasteiger partial charge in [-0.15, -0.1) is 0 Å². The van der Waals surface area contributed by atoms with Gasteiger partial charge >= 0.3 is 0 Å². The number of halogens is 1. The molecule has 0 unspecified atom stereocenters. The van der Waals surface area contributed by atoms with Crippen molar-refractivity contribution in [3.63, 3.8) is 0 Å². The van der Waals surface area contributed by atoms with Gasteiger partial charge in [-0.1, -0.05) is 55.8 Å². The first-order valence-corrected chi connectivity index (χ1v) is 14.2. The Kier molecular flexibility index (Phi) is 10.9. The highest BCUT2D eigenvalue weighted by molar-refractivity contribution is 7.92. The van der Waals surface area contributed by atoms with Gasteiger partial charge in [0.25, 0.3) is 0 Å². The molecule has 0 aliphatic heterocycles. The fourth-order valence-electron chi connectivity index (χ4n) is 3.89. The van der Waals surface area contributed by atoms with E-state index in [9.17, 15) is 22.4 Å². The minimum atomic E-state index is -3.76. The SMILES string of the molecule is CC[C@@H](C)NC(=O)[C@@H](CC)N(Cc1ccc(C)cc1)C(=O)CCCN(c1ccccc1F)S(C)(=O)=O. The van der Waals surface area contributed by atoms with Crippen LogP contribution in [0.4, 0.5) is 10.1 Å². The molecular formula is C27H38FN3O4S. The standard InChI is InChI=1S/C27H38FN3O4S/c1-6-21(4)29-27(33)24(7-2)30(19-22-16-14-20(3)15-17-22)26(32)13-10-18-31(36(5,34)35)25-12-9-8-11-23(25)28/h8-9,11-12,14-17,21,24H,6-7,10,13,18-19H2,1-5H3,(H,29,33)/t21-,24-/m1/s1. The van der Waals surface area contributed by atoms with E-state index >= 15 is 0 Å². The Hall–Kier alpha value is -2.94. The summed E-state index contributed by atoms with van der Waals surface area (Å²) < 4.78 is 40.0. The first-order valence-electron chi connectivity index (χ1n) is 12.4. The summed E-state index contributed by atoms with van der Waals surface area (Å²) in [6.07, 6.45) is 2.40. The van der Waals surface area contributed by atoms with E-state index in [2.05, 4.69) is 5.32 Å². The summed E-state index contributed by atoms with van der Waals surface area (Å²) in [5.41, 5.74) is 1.93. The summed E-state index contributed by atoms with van der Waals surface area (Å²) in [6.45, 7) is 7.93. The number of rotatable bonds is 13. The van der Waals surface area contributed by atoms with Crippen molar-refractivity contribution >= 4 is 27.5 Å². The molecule has 1 N–H and O–H groups in total. The third-order valence-electron chi connectivity index (χ3n) is 6.13. The average Bonchev–Trinajstić information content (AvgIpc) is 2.82. The Balaban J connectivity index is 2.23. The maximum atomic E-state index is 14.3. The molecule has 36 heavy (non-hydrogen) atoms. The molecule has 0 bridgehead atoms. The van der Waals surface area contributed by atoms with Gasteiger partial charge in [-0.3, -0.25) is 13.9 Å². The van der Waals surface area contributed by atoms with Gasteiger partial charge in [-0.2, -0.15) is 0 Å². The third kappa shape index (κ3) is 8.33. The molecule has 2 amide bonds. The number of carbonyl (C=O) groups is 2. The van der Waals surface area contributed by atoms with E-state index in [1.165, 1.54) is 18.2 Å². The van der Waals surface area contributed by atoms with Crippen molar-refractivity contribution in [3.8, 4) is 0 Å². The molecule has 0 saturated heterocycles. The molecule has 9 heteroatoms. The number of nitrogens with zero attached hydrogens (tertiary/aromatic N) is 2. The highest BCUT2D eigenvalue weighted by Crippen LogP contribution is 2.22. The Morgan fingerprint density at radius 3 is 2.22 bits per heavy atom. The maximum Gasteiger partial charge on any atom is 0.243 e. The maximum absolute atomic E-state index is 14.3. The highest BCUT2D eigenvalue weighted by Gasteiger charge is 2.29. The zero-order valence-electron chi connectivity index (χ0n) is 21.8. The monoisotopic (exact) mass is 519 g/mol. The number of carbonyl (C=O) groups excluding carboxylic acids is 2. The van der Waals surface area contributed by atoms with Crippen LogP contribution in [0.1, 0.15) is 57.6 Å². The lowest BCUT2D eigenvalue weighted by Crippen LogP contribution is -2.50. The molecule has 2 rings (SSSR count). The Morgan fingerprint density at radius 1 is 1.03 bits per heavy atom. The van der Waals surface area contributed by atoms with Crippen molar-refractivity contribution in [1.29, 1.82) is 0 Å². The van der Waals surface area contributed by atoms with Crippen LogP contribution in [-0.2, 0) is 26.2 Å². The molecule has 0 aromatic heterocycles. The lowest BCUT2D eigenvalue weighted by Gasteiger charge is -2.32. The first-order chi connectivity index (χ1) is 17.0. The van der Waals surface area contributed by atoms with Crippen LogP contribution in [0, 0.1) is 12.7 Å². The molecule has 0 fully saturated rings. The molecule has 7 nitrogen and oxygen atoms in total. The van der Waals surface area contributed by atoms with Crippen molar-refractivity contribution in [2.24, 2.45) is 0 Å². The molecule has 0 radical (unpaired) electrons. The minimum absolute atomic E-state index is 0.0133. The van der Waals surface area contributed by atoms with Gasteiger partial charge < -0.3 is 10.2 Å². The van der Waals surface area contributed by atoms with Crippen LogP contribution in [0.15, 0.2) is 48.5 Å². The Labute approximate surface area is 214 Å². The molecule has 2 aromatic carbocycles. The van der Waals surface area contributed by atoms with E-state index in [0.29, 0.717) is 6.42 Å². The van der Waals surface area contributed by atoms with Crippen LogP contribution in [0.3, 0.4) is 0 Å². The lowest BCUT2D eigenvalue weighted by molar-refractivity contribution is -0.141. The molecular weight excluding hydrogens is 481 g/mol. The number of amides is 2. The summed E-state index contributed by atoms with van der Waals surface area (Å²) in [7, 11) is -3.76. The van der Waals surface area contributed by atoms with Crippen molar-refractivity contribution in [2.45, 2.75) is 72.0 Å². The number of anilines is 1. The molecule has 0 aliphatic rings. The van der Waals surface area contributed by atoms with Crippen molar-refractivity contribution in [3.05, 3.63) is 65.5 Å². The van der Waals surface area contributed by atoms with Crippen LogP contribution in [0.25, 0.3) is 0 Å². The molecule has 2 aromatic rings. The van der Waals surface area contributed by atoms with Gasteiger partial charge in [0.2, 0.25) is 21.8 Å². The van der Waals surface area contributed by atoms with Crippen molar-refractivity contribution in [2.75, 3.05) is 17.1 Å². The molecule has 0 saturated carbocycles. The zero-order chi connectivity index (χ0) is 26.9. The number of aryl methyl sites for hydroxylation is 1. The Morgan fingerprint density at radius 2 is 1.67 bits per heavy atom. The molecule has 0 aliphatic carbocycles. The number of hydrogen-bond donors (Lipinski definition) is 1. The molecule has 2 atom stereocenters. The van der Waals surface area contributed by atoms with Crippen molar-refractivity contribution in [1.82, 2.24) is 10.2 Å². The van der Waals surface area contributed by atoms with Crippen LogP contribution < -0.4 is 9.62 Å². The van der Waals surface area contributed by atoms with Crippen LogP contribution in [0.5, 0.6) is 0 Å². The molecule has 198 valence electrons. The number of benzene rings is 2. The topological polar surface area (TPSA) is 86.8 Å². The van der Waals surface area contributed by atoms with E-state index in [0.717, 1.165) is 28.1 Å². The summed E-state index contributed by atoms with van der Waals surface area (Å²) in [6, 6.07) is 12.7. The van der Waals surface area contributed by atoms with Crippen LogP contribution >= 0.6 is 0 Å². The fraction of sp³-hybridized carbons (Fsp3) is 0.481. The second-order valence-electron chi connectivity index (χ2n) is 9.14. The van der Waals surface area contributed by atoms with Gasteiger partial charge in [0.15, 0.2) is 0 Å². The third-order valence-corrected chi connectivity index (χ3v) is 7.31. The largest absolute Gasteiger partial charge is 0.352 e. The van der Waals surface area contributed by atoms with Gasteiger partial charge in [0.1, 0.15) is 11.9 Å². The van der Waals surface area contributed by atoms with E-state index < -0.39 is 21.9 Å². The van der Waals surface area contributed by atoms with E-state index in [1.54, 1.807) is 11.0 Å². The summed E-state index contributed by atoms with van der Waals surface area (Å²) >= 11 is 0. The van der Waals surface area contributed by atoms with Crippen LogP contribution in [0.2, 0.25) is 0 Å². The number of nitrogens with one attached hydrogen (secondary N) is 1. The summed E-state index contributed by atoms with van der Waals surface area (Å²) in [5, 5.41) is 2.97. The van der Waals surface area contributed by atoms with Crippen LogP contribution in [-0.4, -0.2) is 50.0 Å². The van der Waals surface area contributed by atoms with Crippen molar-refractivity contribution < 1.29 is 22.4 Å². The Bertz CT molecular complexity index is 1120. The minimum Gasteiger partial charge on any atom is -0.352 e. The van der Waals surface area contributed by atoms with E-state index in [-0.39, 0.29) is 49.5 Å². The summed E-state index contributed by atoms with van der Waals surface area (Å²) in [4.78, 5) is 28.0. The fourth-order valence-corrected chi connectivity index (χ4v) is 4.85. The highest BCUT2D eigenvalue weighted by atomic mass is 32.2. The zero-order valence-corrected chi connectivity index (χ0v) is 22.6. The summed E-state index contributed by atoms with van der Waals surface area (Å²) in [5.74, 6) is -1.12. The van der Waals surface area contributed by atoms with Gasteiger partial charge in [-0.05, 0) is 50.8 Å². The van der Waals surface area contributed by atoms with E-state index in [1.807, 2.05) is 52.0 Å². The van der Waals surface area contributed by atoms with Gasteiger partial charge in [0.05, 0.1) is 11.9 Å².